The molecule has 0 aromatic heterocycles. The van der Waals surface area contributed by atoms with Gasteiger partial charge >= 0.3 is 0 Å². The Hall–Kier alpha value is -1.09. The van der Waals surface area contributed by atoms with Crippen LogP contribution in [0.5, 0.6) is 11.5 Å². The third-order valence-corrected chi connectivity index (χ3v) is 5.17. The first-order valence-corrected chi connectivity index (χ1v) is 8.41. The van der Waals surface area contributed by atoms with Crippen LogP contribution in [0.4, 0.5) is 4.39 Å². The third kappa shape index (κ3) is 5.20. The Morgan fingerprint density at radius 3 is 2.09 bits per heavy atom. The fourth-order valence-electron chi connectivity index (χ4n) is 1.86. The minimum atomic E-state index is -4.04. The van der Waals surface area contributed by atoms with E-state index in [0.717, 1.165) is 12.1 Å². The van der Waals surface area contributed by atoms with Gasteiger partial charge in [0.2, 0.25) is 10.0 Å². The molecule has 0 fully saturated rings. The fourth-order valence-corrected chi connectivity index (χ4v) is 3.07. The SMILES string of the molecule is CCC(N)(CC)CNS(=O)(=O)c1cc(OC)c(OC)cc1F.Cl. The standard InChI is InChI=1S/C14H23FN2O4S.ClH/c1-5-14(16,6-2)9-17-22(18,19)13-8-12(21-4)11(20-3)7-10(13)15;/h7-8,17H,5-6,9,16H2,1-4H3;1H. The molecule has 134 valence electrons. The second kappa shape index (κ2) is 8.68. The molecule has 0 saturated carbocycles. The summed E-state index contributed by atoms with van der Waals surface area (Å²) in [7, 11) is -1.35. The van der Waals surface area contributed by atoms with E-state index in [4.69, 9.17) is 15.2 Å². The molecular weight excluding hydrogens is 347 g/mol. The smallest absolute Gasteiger partial charge is 0.243 e. The van der Waals surface area contributed by atoms with Crippen molar-refractivity contribution in [1.29, 1.82) is 0 Å². The molecule has 9 heteroatoms. The number of benzene rings is 1. The molecule has 0 aliphatic rings. The second-order valence-corrected chi connectivity index (χ2v) is 6.77. The quantitative estimate of drug-likeness (QED) is 0.731. The number of ether oxygens (including phenoxy) is 2. The molecule has 0 radical (unpaired) electrons. The summed E-state index contributed by atoms with van der Waals surface area (Å²) in [6.07, 6.45) is 1.20. The molecule has 6 nitrogen and oxygen atoms in total. The molecule has 0 spiro atoms. The second-order valence-electron chi connectivity index (χ2n) is 5.03. The largest absolute Gasteiger partial charge is 0.493 e. The summed E-state index contributed by atoms with van der Waals surface area (Å²) in [5.41, 5.74) is 5.39. The molecule has 1 aromatic carbocycles. The Morgan fingerprint density at radius 1 is 1.17 bits per heavy atom. The fraction of sp³-hybridized carbons (Fsp3) is 0.571. The zero-order chi connectivity index (χ0) is 17.0. The van der Waals surface area contributed by atoms with E-state index in [-0.39, 0.29) is 30.5 Å². The molecule has 0 atom stereocenters. The monoisotopic (exact) mass is 370 g/mol. The Kier molecular flexibility index (Phi) is 8.26. The molecule has 0 bridgehead atoms. The Bertz CT molecular complexity index is 621. The highest BCUT2D eigenvalue weighted by Gasteiger charge is 2.27. The topological polar surface area (TPSA) is 90.7 Å². The molecule has 1 rings (SSSR count). The number of sulfonamides is 1. The first-order valence-electron chi connectivity index (χ1n) is 6.93. The van der Waals surface area contributed by atoms with E-state index in [1.54, 1.807) is 0 Å². The molecule has 3 N–H and O–H groups in total. The number of nitrogens with one attached hydrogen (secondary N) is 1. The summed E-state index contributed by atoms with van der Waals surface area (Å²) in [5.74, 6) is -0.663. The predicted octanol–water partition coefficient (Wildman–Crippen LogP) is 2.06. The molecule has 1 aromatic rings. The van der Waals surface area contributed by atoms with Gasteiger partial charge in [-0.2, -0.15) is 0 Å². The van der Waals surface area contributed by atoms with Gasteiger partial charge in [-0.25, -0.2) is 17.5 Å². The van der Waals surface area contributed by atoms with Crippen molar-refractivity contribution < 1.29 is 22.3 Å². The van der Waals surface area contributed by atoms with Crippen molar-refractivity contribution in [1.82, 2.24) is 4.72 Å². The maximum atomic E-state index is 14.0. The minimum Gasteiger partial charge on any atom is -0.493 e. The number of rotatable bonds is 8. The van der Waals surface area contributed by atoms with E-state index in [9.17, 15) is 12.8 Å². The molecule has 0 unspecified atom stereocenters. The van der Waals surface area contributed by atoms with Crippen LogP contribution in [0.25, 0.3) is 0 Å². The average molecular weight is 371 g/mol. The molecule has 0 saturated heterocycles. The van der Waals surface area contributed by atoms with Crippen LogP contribution >= 0.6 is 12.4 Å². The Morgan fingerprint density at radius 2 is 1.65 bits per heavy atom. The summed E-state index contributed by atoms with van der Waals surface area (Å²) in [4.78, 5) is -0.500. The van der Waals surface area contributed by atoms with Crippen LogP contribution in [-0.2, 0) is 10.0 Å². The van der Waals surface area contributed by atoms with Gasteiger partial charge in [-0.1, -0.05) is 13.8 Å². The molecule has 0 amide bonds. The number of halogens is 2. The summed E-state index contributed by atoms with van der Waals surface area (Å²) in [5, 5.41) is 0. The number of nitrogens with two attached hydrogens (primary N) is 1. The Labute approximate surface area is 143 Å². The van der Waals surface area contributed by atoms with Gasteiger partial charge in [0.15, 0.2) is 11.5 Å². The van der Waals surface area contributed by atoms with Crippen molar-refractivity contribution in [3.8, 4) is 11.5 Å². The van der Waals surface area contributed by atoms with Gasteiger partial charge in [0.25, 0.3) is 0 Å². The van der Waals surface area contributed by atoms with Gasteiger partial charge in [0.05, 0.1) is 14.2 Å². The normalized spacial score (nSPS) is 11.7. The van der Waals surface area contributed by atoms with Gasteiger partial charge in [-0.3, -0.25) is 0 Å². The lowest BCUT2D eigenvalue weighted by atomic mass is 9.95. The van der Waals surface area contributed by atoms with Crippen LogP contribution in [0.3, 0.4) is 0 Å². The van der Waals surface area contributed by atoms with Crippen LogP contribution < -0.4 is 19.9 Å². The third-order valence-electron chi connectivity index (χ3n) is 3.75. The van der Waals surface area contributed by atoms with E-state index in [1.165, 1.54) is 14.2 Å². The van der Waals surface area contributed by atoms with Crippen LogP contribution in [0, 0.1) is 5.82 Å². The van der Waals surface area contributed by atoms with Crippen LogP contribution in [0.15, 0.2) is 17.0 Å². The number of hydrogen-bond acceptors (Lipinski definition) is 5. The zero-order valence-electron chi connectivity index (χ0n) is 13.7. The molecule has 0 aliphatic carbocycles. The predicted molar refractivity (Wildman–Crippen MR) is 89.4 cm³/mol. The molecule has 23 heavy (non-hydrogen) atoms. The highest BCUT2D eigenvalue weighted by Crippen LogP contribution is 2.31. The van der Waals surface area contributed by atoms with Crippen molar-refractivity contribution >= 4 is 22.4 Å². The van der Waals surface area contributed by atoms with Crippen LogP contribution in [0.1, 0.15) is 26.7 Å². The Balaban J connectivity index is 0.00000484. The van der Waals surface area contributed by atoms with Gasteiger partial charge in [-0.15, -0.1) is 12.4 Å². The lowest BCUT2D eigenvalue weighted by molar-refractivity contribution is 0.350. The lowest BCUT2D eigenvalue weighted by Gasteiger charge is -2.26. The van der Waals surface area contributed by atoms with E-state index >= 15 is 0 Å². The van der Waals surface area contributed by atoms with Crippen molar-refractivity contribution in [2.75, 3.05) is 20.8 Å². The van der Waals surface area contributed by atoms with Gasteiger partial charge in [0, 0.05) is 24.2 Å². The number of hydrogen-bond donors (Lipinski definition) is 2. The van der Waals surface area contributed by atoms with Crippen molar-refractivity contribution in [3.05, 3.63) is 17.9 Å². The summed E-state index contributed by atoms with van der Waals surface area (Å²) in [6, 6.07) is 2.06. The van der Waals surface area contributed by atoms with Gasteiger partial charge < -0.3 is 15.2 Å². The van der Waals surface area contributed by atoms with Crippen molar-refractivity contribution in [2.24, 2.45) is 5.73 Å². The number of methoxy groups -OCH3 is 2. The average Bonchev–Trinajstić information content (AvgIpc) is 2.52. The molecular formula is C14H24ClFN2O4S. The summed E-state index contributed by atoms with van der Waals surface area (Å²) in [6.45, 7) is 3.76. The maximum absolute atomic E-state index is 14.0. The minimum absolute atomic E-state index is 0. The van der Waals surface area contributed by atoms with E-state index in [2.05, 4.69) is 4.72 Å². The van der Waals surface area contributed by atoms with Crippen molar-refractivity contribution in [2.45, 2.75) is 37.1 Å². The van der Waals surface area contributed by atoms with E-state index in [0.29, 0.717) is 12.8 Å². The summed E-state index contributed by atoms with van der Waals surface area (Å²) >= 11 is 0. The van der Waals surface area contributed by atoms with Crippen LogP contribution in [-0.4, -0.2) is 34.7 Å². The molecule has 0 aliphatic heterocycles. The van der Waals surface area contributed by atoms with Gasteiger partial charge in [0.1, 0.15) is 10.7 Å². The lowest BCUT2D eigenvalue weighted by Crippen LogP contribution is -2.49. The highest BCUT2D eigenvalue weighted by atomic mass is 35.5. The maximum Gasteiger partial charge on any atom is 0.243 e. The highest BCUT2D eigenvalue weighted by molar-refractivity contribution is 7.89. The first kappa shape index (κ1) is 21.9. The first-order chi connectivity index (χ1) is 10.2. The molecule has 0 heterocycles. The van der Waals surface area contributed by atoms with E-state index < -0.39 is 26.3 Å². The zero-order valence-corrected chi connectivity index (χ0v) is 15.3. The van der Waals surface area contributed by atoms with Crippen LogP contribution in [0.2, 0.25) is 0 Å². The van der Waals surface area contributed by atoms with Gasteiger partial charge in [-0.05, 0) is 12.8 Å². The van der Waals surface area contributed by atoms with Crippen molar-refractivity contribution in [3.63, 3.8) is 0 Å². The summed E-state index contributed by atoms with van der Waals surface area (Å²) < 4.78 is 50.9. The van der Waals surface area contributed by atoms with E-state index in [1.807, 2.05) is 13.8 Å².